The third-order valence-corrected chi connectivity index (χ3v) is 4.67. The maximum Gasteiger partial charge on any atom is 0.359 e. The number of esters is 1. The van der Waals surface area contributed by atoms with Gasteiger partial charge in [-0.25, -0.2) is 4.79 Å². The van der Waals surface area contributed by atoms with E-state index in [2.05, 4.69) is 10.2 Å². The number of hydrogen-bond acceptors (Lipinski definition) is 4. The number of hydrogen-bond donors (Lipinski definition) is 1. The van der Waals surface area contributed by atoms with Crippen LogP contribution in [0.15, 0.2) is 0 Å². The molecule has 0 radical (unpaired) electrons. The second-order valence-corrected chi connectivity index (χ2v) is 6.09. The summed E-state index contributed by atoms with van der Waals surface area (Å²) in [6, 6.07) is 0. The Morgan fingerprint density at radius 3 is 2.82 bits per heavy atom. The molecule has 1 N–H and O–H groups in total. The number of carbonyl (C=O) groups is 2. The van der Waals surface area contributed by atoms with Gasteiger partial charge >= 0.3 is 5.97 Å². The molecule has 1 aromatic heterocycles. The molecule has 0 bridgehead atoms. The highest BCUT2D eigenvalue weighted by molar-refractivity contribution is 5.89. The van der Waals surface area contributed by atoms with Gasteiger partial charge in [-0.05, 0) is 19.8 Å². The molecule has 1 aromatic rings. The number of nitrogens with zero attached hydrogens (tertiary/aromatic N) is 2. The summed E-state index contributed by atoms with van der Waals surface area (Å²) in [4.78, 5) is 26.5. The minimum atomic E-state index is -0.410. The highest BCUT2D eigenvalue weighted by atomic mass is 16.5. The SMILES string of the molecule is CCOC(=O)c1n[nH]c2c1CN(C(=O)C1CCCCC1)CC2. The smallest absolute Gasteiger partial charge is 0.359 e. The molecule has 0 aromatic carbocycles. The highest BCUT2D eigenvalue weighted by Crippen LogP contribution is 2.28. The van der Waals surface area contributed by atoms with Crippen LogP contribution in [0.2, 0.25) is 0 Å². The Morgan fingerprint density at radius 2 is 2.09 bits per heavy atom. The van der Waals surface area contributed by atoms with Crippen LogP contribution >= 0.6 is 0 Å². The van der Waals surface area contributed by atoms with Gasteiger partial charge < -0.3 is 9.64 Å². The van der Waals surface area contributed by atoms with E-state index in [-0.39, 0.29) is 11.8 Å². The summed E-state index contributed by atoms with van der Waals surface area (Å²) >= 11 is 0. The minimum absolute atomic E-state index is 0.160. The lowest BCUT2D eigenvalue weighted by Crippen LogP contribution is -2.40. The molecule has 0 spiro atoms. The summed E-state index contributed by atoms with van der Waals surface area (Å²) in [5.74, 6) is -0.0124. The zero-order valence-electron chi connectivity index (χ0n) is 13.1. The molecular weight excluding hydrogens is 282 g/mol. The molecule has 3 rings (SSSR count). The number of nitrogens with one attached hydrogen (secondary N) is 1. The average Bonchev–Trinajstić information content (AvgIpc) is 2.98. The molecule has 1 aliphatic carbocycles. The summed E-state index contributed by atoms with van der Waals surface area (Å²) < 4.78 is 5.04. The molecule has 6 heteroatoms. The summed E-state index contributed by atoms with van der Waals surface area (Å²) in [5.41, 5.74) is 2.11. The standard InChI is InChI=1S/C16H23N3O3/c1-2-22-16(21)14-12-10-19(9-8-13(12)17-18-14)15(20)11-6-4-3-5-7-11/h11H,2-10H2,1H3,(H,17,18). The second-order valence-electron chi connectivity index (χ2n) is 6.09. The fourth-order valence-electron chi connectivity index (χ4n) is 3.46. The van der Waals surface area contributed by atoms with Crippen LogP contribution in [0.5, 0.6) is 0 Å². The molecule has 6 nitrogen and oxygen atoms in total. The third-order valence-electron chi connectivity index (χ3n) is 4.67. The molecular formula is C16H23N3O3. The second kappa shape index (κ2) is 6.50. The number of H-pyrrole nitrogens is 1. The highest BCUT2D eigenvalue weighted by Gasteiger charge is 2.31. The van der Waals surface area contributed by atoms with Crippen LogP contribution in [0.3, 0.4) is 0 Å². The molecule has 120 valence electrons. The van der Waals surface area contributed by atoms with Crippen LogP contribution in [0, 0.1) is 5.92 Å². The normalized spacial score (nSPS) is 18.9. The van der Waals surface area contributed by atoms with E-state index in [0.29, 0.717) is 25.4 Å². The Morgan fingerprint density at radius 1 is 1.32 bits per heavy atom. The Labute approximate surface area is 130 Å². The Hall–Kier alpha value is -1.85. The Balaban J connectivity index is 1.73. The predicted molar refractivity (Wildman–Crippen MR) is 80.2 cm³/mol. The van der Waals surface area contributed by atoms with E-state index >= 15 is 0 Å². The molecule has 0 saturated heterocycles. The van der Waals surface area contributed by atoms with Gasteiger partial charge in [0.15, 0.2) is 5.69 Å². The summed E-state index contributed by atoms with van der Waals surface area (Å²) in [6.45, 7) is 3.27. The molecule has 1 amide bonds. The van der Waals surface area contributed by atoms with Gasteiger partial charge in [0, 0.05) is 36.7 Å². The number of rotatable bonds is 3. The molecule has 1 saturated carbocycles. The van der Waals surface area contributed by atoms with E-state index in [1.807, 2.05) is 4.90 Å². The number of carbonyl (C=O) groups excluding carboxylic acids is 2. The number of aromatic amines is 1. The maximum absolute atomic E-state index is 12.7. The predicted octanol–water partition coefficient (Wildman–Crippen LogP) is 2.05. The lowest BCUT2D eigenvalue weighted by molar-refractivity contribution is -0.137. The van der Waals surface area contributed by atoms with E-state index in [1.54, 1.807) is 6.92 Å². The fraction of sp³-hybridized carbons (Fsp3) is 0.688. The molecule has 0 unspecified atom stereocenters. The molecule has 2 aliphatic rings. The quantitative estimate of drug-likeness (QED) is 0.867. The van der Waals surface area contributed by atoms with Crippen LogP contribution in [0.1, 0.15) is 60.8 Å². The lowest BCUT2D eigenvalue weighted by atomic mass is 9.87. The largest absolute Gasteiger partial charge is 0.461 e. The van der Waals surface area contributed by atoms with Gasteiger partial charge in [-0.2, -0.15) is 5.10 Å². The van der Waals surface area contributed by atoms with Gasteiger partial charge in [-0.1, -0.05) is 19.3 Å². The number of fused-ring (bicyclic) bond motifs is 1. The van der Waals surface area contributed by atoms with Crippen molar-refractivity contribution in [2.45, 2.75) is 52.0 Å². The first-order chi connectivity index (χ1) is 10.7. The van der Waals surface area contributed by atoms with Crippen LogP contribution in [0.25, 0.3) is 0 Å². The van der Waals surface area contributed by atoms with Crippen molar-refractivity contribution < 1.29 is 14.3 Å². The number of ether oxygens (including phenoxy) is 1. The Bertz CT molecular complexity index is 561. The van der Waals surface area contributed by atoms with Crippen molar-refractivity contribution in [3.05, 3.63) is 17.0 Å². The first-order valence-electron chi connectivity index (χ1n) is 8.22. The monoisotopic (exact) mass is 305 g/mol. The number of amides is 1. The molecule has 1 aliphatic heterocycles. The van der Waals surface area contributed by atoms with E-state index in [4.69, 9.17) is 4.74 Å². The van der Waals surface area contributed by atoms with Crippen molar-refractivity contribution in [3.63, 3.8) is 0 Å². The van der Waals surface area contributed by atoms with Crippen molar-refractivity contribution in [1.82, 2.24) is 15.1 Å². The summed E-state index contributed by atoms with van der Waals surface area (Å²) in [7, 11) is 0. The van der Waals surface area contributed by atoms with E-state index in [9.17, 15) is 9.59 Å². The molecule has 0 atom stereocenters. The first-order valence-corrected chi connectivity index (χ1v) is 8.22. The third kappa shape index (κ3) is 2.87. The van der Waals surface area contributed by atoms with E-state index in [0.717, 1.165) is 43.4 Å². The molecule has 1 fully saturated rings. The van der Waals surface area contributed by atoms with E-state index in [1.165, 1.54) is 6.42 Å². The maximum atomic E-state index is 12.7. The van der Waals surface area contributed by atoms with Crippen LogP contribution < -0.4 is 0 Å². The molecule has 22 heavy (non-hydrogen) atoms. The van der Waals surface area contributed by atoms with Gasteiger partial charge in [-0.3, -0.25) is 9.89 Å². The van der Waals surface area contributed by atoms with Gasteiger partial charge in [0.1, 0.15) is 0 Å². The zero-order chi connectivity index (χ0) is 15.5. The van der Waals surface area contributed by atoms with Gasteiger partial charge in [0.2, 0.25) is 5.91 Å². The number of aromatic nitrogens is 2. The lowest BCUT2D eigenvalue weighted by Gasteiger charge is -2.32. The Kier molecular flexibility index (Phi) is 4.45. The van der Waals surface area contributed by atoms with Gasteiger partial charge in [-0.15, -0.1) is 0 Å². The van der Waals surface area contributed by atoms with Crippen molar-refractivity contribution in [2.24, 2.45) is 5.92 Å². The van der Waals surface area contributed by atoms with Gasteiger partial charge in [0.25, 0.3) is 0 Å². The van der Waals surface area contributed by atoms with Crippen LogP contribution in [-0.4, -0.2) is 40.1 Å². The van der Waals surface area contributed by atoms with Crippen LogP contribution in [0.4, 0.5) is 0 Å². The van der Waals surface area contributed by atoms with Crippen molar-refractivity contribution >= 4 is 11.9 Å². The van der Waals surface area contributed by atoms with E-state index < -0.39 is 5.97 Å². The fourth-order valence-corrected chi connectivity index (χ4v) is 3.46. The van der Waals surface area contributed by atoms with Gasteiger partial charge in [0.05, 0.1) is 6.61 Å². The minimum Gasteiger partial charge on any atom is -0.461 e. The summed E-state index contributed by atoms with van der Waals surface area (Å²) in [6.07, 6.45) is 6.25. The topological polar surface area (TPSA) is 75.3 Å². The first kappa shape index (κ1) is 15.1. The van der Waals surface area contributed by atoms with Crippen molar-refractivity contribution in [1.29, 1.82) is 0 Å². The summed E-state index contributed by atoms with van der Waals surface area (Å²) in [5, 5.41) is 7.00. The zero-order valence-corrected chi connectivity index (χ0v) is 13.1. The van der Waals surface area contributed by atoms with Crippen LogP contribution in [-0.2, 0) is 22.5 Å². The van der Waals surface area contributed by atoms with Crippen molar-refractivity contribution in [2.75, 3.05) is 13.2 Å². The van der Waals surface area contributed by atoms with Crippen molar-refractivity contribution in [3.8, 4) is 0 Å². The molecule has 2 heterocycles. The average molecular weight is 305 g/mol.